The minimum Gasteiger partial charge on any atom is -0.444 e. The Morgan fingerprint density at radius 1 is 1.21 bits per heavy atom. The van der Waals surface area contributed by atoms with E-state index in [1.807, 2.05) is 32.5 Å². The van der Waals surface area contributed by atoms with Crippen LogP contribution in [0, 0.1) is 0 Å². The summed E-state index contributed by atoms with van der Waals surface area (Å²) in [5.41, 5.74) is -0.435. The molecule has 2 aliphatic rings. The van der Waals surface area contributed by atoms with Gasteiger partial charge < -0.3 is 20.7 Å². The first-order valence-corrected chi connectivity index (χ1v) is 10.1. The first-order chi connectivity index (χ1) is 11.3. The summed E-state index contributed by atoms with van der Waals surface area (Å²) in [7, 11) is 0. The van der Waals surface area contributed by atoms with Crippen LogP contribution in [0.5, 0.6) is 0 Å². The van der Waals surface area contributed by atoms with Crippen molar-refractivity contribution in [3.63, 3.8) is 0 Å². The highest BCUT2D eigenvalue weighted by Crippen LogP contribution is 2.33. The molecule has 138 valence electrons. The van der Waals surface area contributed by atoms with Crippen molar-refractivity contribution in [3.05, 3.63) is 0 Å². The predicted molar refractivity (Wildman–Crippen MR) is 97.4 cm³/mol. The lowest BCUT2D eigenvalue weighted by Gasteiger charge is -2.19. The van der Waals surface area contributed by atoms with Gasteiger partial charge >= 0.3 is 12.1 Å². The standard InChI is InChI=1S/C17H31N3O3S/c1-17(2,3)23-16(22)18-10-8-6-4-5-7-9-13-14-12(11-24-13)19-15(21)20-14/h12-14H,4-11H2,1-3H3,(H,18,22)(H2,19,20,21). The third-order valence-electron chi connectivity index (χ3n) is 4.27. The lowest BCUT2D eigenvalue weighted by atomic mass is 10.0. The molecule has 2 rings (SSSR count). The smallest absolute Gasteiger partial charge is 0.407 e. The number of carbonyl (C=O) groups is 2. The van der Waals surface area contributed by atoms with Gasteiger partial charge in [-0.25, -0.2) is 9.59 Å². The molecule has 3 unspecified atom stereocenters. The van der Waals surface area contributed by atoms with Crippen molar-refractivity contribution in [1.29, 1.82) is 0 Å². The fourth-order valence-electron chi connectivity index (χ4n) is 3.15. The molecule has 2 fully saturated rings. The number of hydrogen-bond acceptors (Lipinski definition) is 4. The van der Waals surface area contributed by atoms with Gasteiger partial charge in [0.15, 0.2) is 0 Å². The van der Waals surface area contributed by atoms with Gasteiger partial charge in [0.25, 0.3) is 0 Å². The summed E-state index contributed by atoms with van der Waals surface area (Å²) >= 11 is 1.98. The summed E-state index contributed by atoms with van der Waals surface area (Å²) in [6.45, 7) is 6.27. The summed E-state index contributed by atoms with van der Waals surface area (Å²) in [4.78, 5) is 22.8. The monoisotopic (exact) mass is 357 g/mol. The molecular formula is C17H31N3O3S. The number of rotatable bonds is 8. The van der Waals surface area contributed by atoms with E-state index in [2.05, 4.69) is 16.0 Å². The molecule has 3 atom stereocenters. The molecule has 0 spiro atoms. The van der Waals surface area contributed by atoms with Gasteiger partial charge in [0.05, 0.1) is 12.1 Å². The van der Waals surface area contributed by atoms with Crippen molar-refractivity contribution in [2.45, 2.75) is 82.2 Å². The normalized spacial score (nSPS) is 25.8. The predicted octanol–water partition coefficient (Wildman–Crippen LogP) is 3.02. The number of thioether (sulfide) groups is 1. The number of unbranched alkanes of at least 4 members (excludes halogenated alkanes) is 4. The van der Waals surface area contributed by atoms with Gasteiger partial charge in [0, 0.05) is 17.5 Å². The van der Waals surface area contributed by atoms with Gasteiger partial charge in [0.1, 0.15) is 5.60 Å². The fraction of sp³-hybridized carbons (Fsp3) is 0.882. The number of urea groups is 1. The second-order valence-electron chi connectivity index (χ2n) is 7.61. The van der Waals surface area contributed by atoms with Crippen LogP contribution in [0.2, 0.25) is 0 Å². The summed E-state index contributed by atoms with van der Waals surface area (Å²) < 4.78 is 5.19. The van der Waals surface area contributed by atoms with Gasteiger partial charge in [-0.3, -0.25) is 0 Å². The first-order valence-electron chi connectivity index (χ1n) is 9.00. The average Bonchev–Trinajstić information content (AvgIpc) is 2.99. The second kappa shape index (κ2) is 8.83. The van der Waals surface area contributed by atoms with Gasteiger partial charge in [-0.05, 0) is 33.6 Å². The number of nitrogens with one attached hydrogen (secondary N) is 3. The van der Waals surface area contributed by atoms with Crippen LogP contribution >= 0.6 is 11.8 Å². The molecule has 2 saturated heterocycles. The van der Waals surface area contributed by atoms with E-state index in [1.165, 1.54) is 25.7 Å². The van der Waals surface area contributed by atoms with Crippen LogP contribution in [0.15, 0.2) is 0 Å². The van der Waals surface area contributed by atoms with Crippen LogP contribution in [0.3, 0.4) is 0 Å². The molecule has 24 heavy (non-hydrogen) atoms. The van der Waals surface area contributed by atoms with E-state index in [0.29, 0.717) is 23.9 Å². The molecule has 2 aliphatic heterocycles. The van der Waals surface area contributed by atoms with Crippen LogP contribution in [-0.2, 0) is 4.74 Å². The van der Waals surface area contributed by atoms with Crippen molar-refractivity contribution >= 4 is 23.9 Å². The Bertz CT molecular complexity index is 439. The molecule has 0 aromatic rings. The maximum Gasteiger partial charge on any atom is 0.407 e. The highest BCUT2D eigenvalue weighted by Gasteiger charge is 2.42. The highest BCUT2D eigenvalue weighted by molar-refractivity contribution is 8.00. The molecule has 3 N–H and O–H groups in total. The molecule has 0 aliphatic carbocycles. The third-order valence-corrected chi connectivity index (χ3v) is 5.78. The van der Waals surface area contributed by atoms with Gasteiger partial charge in [-0.1, -0.05) is 25.7 Å². The Morgan fingerprint density at radius 2 is 1.92 bits per heavy atom. The Morgan fingerprint density at radius 3 is 2.67 bits per heavy atom. The number of fused-ring (bicyclic) bond motifs is 1. The number of alkyl carbamates (subject to hydrolysis) is 1. The first kappa shape index (κ1) is 19.2. The van der Waals surface area contributed by atoms with Crippen molar-refractivity contribution < 1.29 is 14.3 Å². The van der Waals surface area contributed by atoms with Gasteiger partial charge in [-0.2, -0.15) is 11.8 Å². The highest BCUT2D eigenvalue weighted by atomic mass is 32.2. The van der Waals surface area contributed by atoms with Gasteiger partial charge in [0.2, 0.25) is 0 Å². The molecule has 0 bridgehead atoms. The van der Waals surface area contributed by atoms with Gasteiger partial charge in [-0.15, -0.1) is 0 Å². The Hall–Kier alpha value is -1.11. The number of ether oxygens (including phenoxy) is 1. The quantitative estimate of drug-likeness (QED) is 0.461. The molecule has 0 aromatic heterocycles. The Balaban J connectivity index is 1.43. The summed E-state index contributed by atoms with van der Waals surface area (Å²) in [6, 6.07) is 0.639. The minimum absolute atomic E-state index is 0.00668. The van der Waals surface area contributed by atoms with E-state index in [4.69, 9.17) is 4.74 Å². The zero-order valence-electron chi connectivity index (χ0n) is 15.0. The second-order valence-corrected chi connectivity index (χ2v) is 8.88. The minimum atomic E-state index is -0.435. The van der Waals surface area contributed by atoms with E-state index in [9.17, 15) is 9.59 Å². The zero-order valence-corrected chi connectivity index (χ0v) is 15.8. The van der Waals surface area contributed by atoms with E-state index < -0.39 is 5.60 Å². The molecule has 0 radical (unpaired) electrons. The molecule has 0 saturated carbocycles. The van der Waals surface area contributed by atoms with Crippen molar-refractivity contribution in [2.24, 2.45) is 0 Å². The number of carbonyl (C=O) groups excluding carboxylic acids is 2. The third kappa shape index (κ3) is 6.42. The van der Waals surface area contributed by atoms with Crippen LogP contribution in [0.4, 0.5) is 9.59 Å². The Kier molecular flexibility index (Phi) is 7.07. The van der Waals surface area contributed by atoms with E-state index in [-0.39, 0.29) is 12.1 Å². The topological polar surface area (TPSA) is 79.5 Å². The zero-order chi connectivity index (χ0) is 17.6. The maximum atomic E-state index is 11.5. The van der Waals surface area contributed by atoms with Crippen molar-refractivity contribution in [3.8, 4) is 0 Å². The van der Waals surface area contributed by atoms with E-state index in [0.717, 1.165) is 18.6 Å². The van der Waals surface area contributed by atoms with Crippen LogP contribution in [0.1, 0.15) is 59.3 Å². The molecular weight excluding hydrogens is 326 g/mol. The van der Waals surface area contributed by atoms with E-state index in [1.54, 1.807) is 0 Å². The van der Waals surface area contributed by atoms with Crippen molar-refractivity contribution in [2.75, 3.05) is 12.3 Å². The fourth-order valence-corrected chi connectivity index (χ4v) is 4.69. The lowest BCUT2D eigenvalue weighted by Crippen LogP contribution is -2.36. The van der Waals surface area contributed by atoms with E-state index >= 15 is 0 Å². The maximum absolute atomic E-state index is 11.5. The number of hydrogen-bond donors (Lipinski definition) is 3. The average molecular weight is 358 g/mol. The summed E-state index contributed by atoms with van der Waals surface area (Å²) in [5.74, 6) is 1.03. The Labute approximate surface area is 149 Å². The van der Waals surface area contributed by atoms with Crippen LogP contribution in [-0.4, -0.2) is 47.4 Å². The number of amides is 3. The molecule has 7 heteroatoms. The molecule has 0 aromatic carbocycles. The summed E-state index contributed by atoms with van der Waals surface area (Å²) in [5, 5.41) is 9.37. The summed E-state index contributed by atoms with van der Waals surface area (Å²) in [6.07, 6.45) is 6.55. The van der Waals surface area contributed by atoms with Crippen LogP contribution in [0.25, 0.3) is 0 Å². The largest absolute Gasteiger partial charge is 0.444 e. The molecule has 2 heterocycles. The van der Waals surface area contributed by atoms with Crippen LogP contribution < -0.4 is 16.0 Å². The SMILES string of the molecule is CC(C)(C)OC(=O)NCCCCCCCC1SCC2NC(=O)NC21. The lowest BCUT2D eigenvalue weighted by molar-refractivity contribution is 0.0527. The molecule has 3 amide bonds. The van der Waals surface area contributed by atoms with Crippen molar-refractivity contribution in [1.82, 2.24) is 16.0 Å². The molecule has 6 nitrogen and oxygen atoms in total.